The molecule has 0 spiro atoms. The molecule has 0 saturated heterocycles. The van der Waals surface area contributed by atoms with Gasteiger partial charge in [0.25, 0.3) is 5.91 Å². The van der Waals surface area contributed by atoms with Crippen molar-refractivity contribution in [3.05, 3.63) is 47.5 Å². The maximum Gasteiger partial charge on any atom is 0.490 e. The number of aromatic nitrogens is 3. The van der Waals surface area contributed by atoms with E-state index in [9.17, 15) is 23.1 Å². The fourth-order valence-corrected chi connectivity index (χ4v) is 3.13. The predicted octanol–water partition coefficient (Wildman–Crippen LogP) is 2.30. The lowest BCUT2D eigenvalue weighted by Crippen LogP contribution is -2.34. The standard InChI is InChI=1S/C15H16N4O2S.C2HF3O2/c1-18-7-6-16-13(18)10-19(8-9-20)15(21)14-17-11-4-2-3-5-12(11)22-14;3-2(4,5)1(6)7/h2-7,20H,8-10H2,1H3;(H,6,7). The van der Waals surface area contributed by atoms with Gasteiger partial charge < -0.3 is 19.7 Å². The Bertz CT molecular complexity index is 953. The quantitative estimate of drug-likeness (QED) is 0.643. The highest BCUT2D eigenvalue weighted by Gasteiger charge is 2.38. The number of aryl methyl sites for hydroxylation is 1. The van der Waals surface area contributed by atoms with Gasteiger partial charge in [0.15, 0.2) is 5.01 Å². The Kier molecular flexibility index (Phi) is 7.29. The third-order valence-corrected chi connectivity index (χ3v) is 4.65. The first-order chi connectivity index (χ1) is 13.6. The molecular weight excluding hydrogens is 413 g/mol. The van der Waals surface area contributed by atoms with E-state index in [4.69, 9.17) is 9.90 Å². The summed E-state index contributed by atoms with van der Waals surface area (Å²) in [7, 11) is 1.88. The number of halogens is 3. The Morgan fingerprint density at radius 1 is 1.28 bits per heavy atom. The summed E-state index contributed by atoms with van der Waals surface area (Å²) in [5, 5.41) is 16.8. The summed E-state index contributed by atoms with van der Waals surface area (Å²) in [4.78, 5) is 31.7. The maximum absolute atomic E-state index is 12.7. The lowest BCUT2D eigenvalue weighted by Gasteiger charge is -2.20. The number of aliphatic carboxylic acids is 1. The normalized spacial score (nSPS) is 11.1. The second-order valence-electron chi connectivity index (χ2n) is 5.69. The zero-order chi connectivity index (χ0) is 21.6. The Labute approximate surface area is 166 Å². The van der Waals surface area contributed by atoms with Crippen molar-refractivity contribution in [3.63, 3.8) is 0 Å². The Morgan fingerprint density at radius 2 is 1.93 bits per heavy atom. The van der Waals surface area contributed by atoms with Crippen molar-refractivity contribution in [2.75, 3.05) is 13.2 Å². The molecule has 1 aromatic carbocycles. The monoisotopic (exact) mass is 430 g/mol. The molecule has 156 valence electrons. The number of thiazole rings is 1. The first kappa shape index (κ1) is 22.3. The van der Waals surface area contributed by atoms with E-state index in [2.05, 4.69) is 9.97 Å². The van der Waals surface area contributed by atoms with Crippen LogP contribution in [0.2, 0.25) is 0 Å². The highest BCUT2D eigenvalue weighted by molar-refractivity contribution is 7.20. The molecule has 0 saturated carbocycles. The van der Waals surface area contributed by atoms with Crippen molar-refractivity contribution in [3.8, 4) is 0 Å². The number of hydrogen-bond acceptors (Lipinski definition) is 6. The fraction of sp³-hybridized carbons (Fsp3) is 0.294. The van der Waals surface area contributed by atoms with Crippen molar-refractivity contribution >= 4 is 33.4 Å². The zero-order valence-corrected chi connectivity index (χ0v) is 15.9. The van der Waals surface area contributed by atoms with E-state index in [1.165, 1.54) is 11.3 Å². The minimum Gasteiger partial charge on any atom is -0.475 e. The van der Waals surface area contributed by atoms with Crippen molar-refractivity contribution in [1.82, 2.24) is 19.4 Å². The number of aliphatic hydroxyl groups is 1. The van der Waals surface area contributed by atoms with Crippen LogP contribution in [0.5, 0.6) is 0 Å². The molecule has 0 aliphatic heterocycles. The molecule has 0 atom stereocenters. The number of imidazole rings is 1. The largest absolute Gasteiger partial charge is 0.490 e. The second-order valence-corrected chi connectivity index (χ2v) is 6.72. The van der Waals surface area contributed by atoms with Crippen LogP contribution in [0.15, 0.2) is 36.7 Å². The van der Waals surface area contributed by atoms with Gasteiger partial charge in [-0.1, -0.05) is 12.1 Å². The Balaban J connectivity index is 0.000000370. The molecular formula is C17H17F3N4O4S. The molecule has 2 N–H and O–H groups in total. The number of para-hydroxylation sites is 1. The number of nitrogens with zero attached hydrogens (tertiary/aromatic N) is 4. The molecule has 0 aliphatic carbocycles. The van der Waals surface area contributed by atoms with Gasteiger partial charge in [0.05, 0.1) is 23.4 Å². The summed E-state index contributed by atoms with van der Waals surface area (Å²) in [6.45, 7) is 0.501. The highest BCUT2D eigenvalue weighted by Crippen LogP contribution is 2.23. The topological polar surface area (TPSA) is 109 Å². The second kappa shape index (κ2) is 9.47. The van der Waals surface area contributed by atoms with E-state index in [0.717, 1.165) is 16.0 Å². The van der Waals surface area contributed by atoms with E-state index in [1.54, 1.807) is 11.1 Å². The molecule has 8 nitrogen and oxygen atoms in total. The van der Waals surface area contributed by atoms with Crippen LogP contribution in [0.3, 0.4) is 0 Å². The van der Waals surface area contributed by atoms with Gasteiger partial charge in [0.2, 0.25) is 0 Å². The van der Waals surface area contributed by atoms with Crippen LogP contribution in [0.1, 0.15) is 15.6 Å². The summed E-state index contributed by atoms with van der Waals surface area (Å²) in [6, 6.07) is 7.65. The number of hydrogen-bond donors (Lipinski definition) is 2. The molecule has 2 heterocycles. The fourth-order valence-electron chi connectivity index (χ4n) is 2.19. The zero-order valence-electron chi connectivity index (χ0n) is 15.1. The first-order valence-corrected chi connectivity index (χ1v) is 8.97. The number of carbonyl (C=O) groups is 2. The molecule has 0 fully saturated rings. The minimum atomic E-state index is -5.08. The van der Waals surface area contributed by atoms with Crippen LogP contribution in [0.25, 0.3) is 10.2 Å². The number of alkyl halides is 3. The number of amides is 1. The van der Waals surface area contributed by atoms with E-state index in [-0.39, 0.29) is 19.1 Å². The summed E-state index contributed by atoms with van der Waals surface area (Å²) in [6.07, 6.45) is -1.57. The summed E-state index contributed by atoms with van der Waals surface area (Å²) in [5.74, 6) is -2.17. The molecule has 0 unspecified atom stereocenters. The van der Waals surface area contributed by atoms with E-state index in [1.807, 2.05) is 42.1 Å². The first-order valence-electron chi connectivity index (χ1n) is 8.15. The number of aliphatic hydroxyl groups excluding tert-OH is 1. The molecule has 2 aromatic heterocycles. The average molecular weight is 430 g/mol. The van der Waals surface area contributed by atoms with Gasteiger partial charge >= 0.3 is 12.1 Å². The van der Waals surface area contributed by atoms with E-state index >= 15 is 0 Å². The van der Waals surface area contributed by atoms with Crippen molar-refractivity contribution in [2.45, 2.75) is 12.7 Å². The number of rotatable bonds is 5. The highest BCUT2D eigenvalue weighted by atomic mass is 32.1. The smallest absolute Gasteiger partial charge is 0.475 e. The SMILES string of the molecule is Cn1ccnc1CN(CCO)C(=O)c1nc2ccccc2s1.O=C(O)C(F)(F)F. The van der Waals surface area contributed by atoms with Crippen molar-refractivity contribution in [1.29, 1.82) is 0 Å². The summed E-state index contributed by atoms with van der Waals surface area (Å²) < 4.78 is 34.6. The molecule has 0 bridgehead atoms. The van der Waals surface area contributed by atoms with Crippen LogP contribution in [0, 0.1) is 0 Å². The predicted molar refractivity (Wildman–Crippen MR) is 98.3 cm³/mol. The molecule has 3 aromatic rings. The number of carboxylic acid groups (broad SMARTS) is 1. The molecule has 12 heteroatoms. The van der Waals surface area contributed by atoms with Gasteiger partial charge in [-0.05, 0) is 12.1 Å². The lowest BCUT2D eigenvalue weighted by atomic mass is 10.3. The van der Waals surface area contributed by atoms with Gasteiger partial charge in [-0.25, -0.2) is 14.8 Å². The van der Waals surface area contributed by atoms with Crippen LogP contribution in [-0.4, -0.2) is 60.9 Å². The minimum absolute atomic E-state index is 0.0962. The van der Waals surface area contributed by atoms with Crippen LogP contribution < -0.4 is 0 Å². The van der Waals surface area contributed by atoms with Crippen LogP contribution >= 0.6 is 11.3 Å². The van der Waals surface area contributed by atoms with Crippen molar-refractivity contribution in [2.24, 2.45) is 7.05 Å². The van der Waals surface area contributed by atoms with Gasteiger partial charge in [-0.15, -0.1) is 11.3 Å². The van der Waals surface area contributed by atoms with Gasteiger partial charge in [-0.3, -0.25) is 4.79 Å². The molecule has 29 heavy (non-hydrogen) atoms. The van der Waals surface area contributed by atoms with E-state index in [0.29, 0.717) is 11.6 Å². The number of carboxylic acids is 1. The molecule has 3 rings (SSSR count). The molecule has 0 aliphatic rings. The van der Waals surface area contributed by atoms with Gasteiger partial charge in [0, 0.05) is 26.0 Å². The Morgan fingerprint density at radius 3 is 2.45 bits per heavy atom. The van der Waals surface area contributed by atoms with Gasteiger partial charge in [-0.2, -0.15) is 13.2 Å². The third kappa shape index (κ3) is 5.99. The third-order valence-electron chi connectivity index (χ3n) is 3.63. The maximum atomic E-state index is 12.7. The van der Waals surface area contributed by atoms with Crippen molar-refractivity contribution < 1.29 is 33.0 Å². The molecule has 1 amide bonds. The average Bonchev–Trinajstić information content (AvgIpc) is 3.26. The summed E-state index contributed by atoms with van der Waals surface area (Å²) in [5.41, 5.74) is 0.816. The van der Waals surface area contributed by atoms with Crippen LogP contribution in [0.4, 0.5) is 13.2 Å². The number of carbonyl (C=O) groups excluding carboxylic acids is 1. The Hall–Kier alpha value is -2.99. The number of fused-ring (bicyclic) bond motifs is 1. The number of benzene rings is 1. The summed E-state index contributed by atoms with van der Waals surface area (Å²) >= 11 is 1.37. The molecule has 0 radical (unpaired) electrons. The lowest BCUT2D eigenvalue weighted by molar-refractivity contribution is -0.192. The van der Waals surface area contributed by atoms with Gasteiger partial charge in [0.1, 0.15) is 5.82 Å². The van der Waals surface area contributed by atoms with Crippen LogP contribution in [-0.2, 0) is 18.4 Å². The van der Waals surface area contributed by atoms with E-state index < -0.39 is 12.1 Å².